The Kier molecular flexibility index (Phi) is 5.63. The normalized spacial score (nSPS) is 18.4. The van der Waals surface area contributed by atoms with E-state index in [-0.39, 0.29) is 11.3 Å². The average molecular weight is 382 g/mol. The predicted molar refractivity (Wildman–Crippen MR) is 103 cm³/mol. The fourth-order valence-electron chi connectivity index (χ4n) is 3.38. The second-order valence-corrected chi connectivity index (χ2v) is 6.34. The molecule has 28 heavy (non-hydrogen) atoms. The number of amides is 1. The molecule has 1 atom stereocenters. The summed E-state index contributed by atoms with van der Waals surface area (Å²) >= 11 is 0. The maximum Gasteiger partial charge on any atom is 0.295 e. The second kappa shape index (κ2) is 8.12. The first-order valence-corrected chi connectivity index (χ1v) is 8.94. The molecule has 2 aromatic rings. The van der Waals surface area contributed by atoms with Gasteiger partial charge in [-0.1, -0.05) is 6.92 Å². The van der Waals surface area contributed by atoms with Crippen molar-refractivity contribution in [2.24, 2.45) is 0 Å². The topological polar surface area (TPSA) is 89.0 Å². The van der Waals surface area contributed by atoms with Crippen LogP contribution in [0.1, 0.15) is 30.5 Å². The van der Waals surface area contributed by atoms with Gasteiger partial charge in [-0.25, -0.2) is 0 Å². The molecule has 0 spiro atoms. The highest BCUT2D eigenvalue weighted by Crippen LogP contribution is 2.40. The van der Waals surface area contributed by atoms with Gasteiger partial charge in [-0.2, -0.15) is 0 Å². The first kappa shape index (κ1) is 19.4. The van der Waals surface area contributed by atoms with Gasteiger partial charge in [0.05, 0.1) is 25.8 Å². The smallest absolute Gasteiger partial charge is 0.295 e. The van der Waals surface area contributed by atoms with Gasteiger partial charge in [0.1, 0.15) is 5.76 Å². The number of ether oxygens (including phenoxy) is 2. The zero-order valence-corrected chi connectivity index (χ0v) is 16.0. The first-order valence-electron chi connectivity index (χ1n) is 8.94. The lowest BCUT2D eigenvalue weighted by Gasteiger charge is -2.24. The van der Waals surface area contributed by atoms with Gasteiger partial charge < -0.3 is 19.5 Å². The molecule has 7 nitrogen and oxygen atoms in total. The van der Waals surface area contributed by atoms with Crippen LogP contribution in [-0.4, -0.2) is 47.4 Å². The Balaban J connectivity index is 2.18. The molecule has 3 rings (SSSR count). The molecule has 0 aliphatic carbocycles. The minimum absolute atomic E-state index is 0.0527. The lowest BCUT2D eigenvalue weighted by Crippen LogP contribution is -2.30. The summed E-state index contributed by atoms with van der Waals surface area (Å²) in [4.78, 5) is 30.9. The average Bonchev–Trinajstić information content (AvgIpc) is 2.98. The van der Waals surface area contributed by atoms with E-state index in [1.54, 1.807) is 42.7 Å². The Morgan fingerprint density at radius 1 is 1.11 bits per heavy atom. The minimum atomic E-state index is -0.706. The Bertz CT molecular complexity index is 924. The lowest BCUT2D eigenvalue weighted by molar-refractivity contribution is -0.139. The summed E-state index contributed by atoms with van der Waals surface area (Å²) in [6.07, 6.45) is 3.88. The highest BCUT2D eigenvalue weighted by Gasteiger charge is 2.45. The van der Waals surface area contributed by atoms with E-state index in [4.69, 9.17) is 9.47 Å². The molecule has 1 aliphatic rings. The van der Waals surface area contributed by atoms with Crippen molar-refractivity contribution >= 4 is 17.4 Å². The molecule has 1 saturated heterocycles. The number of pyridine rings is 1. The van der Waals surface area contributed by atoms with E-state index in [2.05, 4.69) is 4.98 Å². The minimum Gasteiger partial charge on any atom is -0.507 e. The SMILES string of the molecule is CCCN1C(=O)C(=O)/C(=C(\O)c2ccc(OC)c(OC)c2)C1c1ccncc1. The highest BCUT2D eigenvalue weighted by molar-refractivity contribution is 6.46. The van der Waals surface area contributed by atoms with E-state index >= 15 is 0 Å². The van der Waals surface area contributed by atoms with Gasteiger partial charge in [0.15, 0.2) is 11.5 Å². The molecule has 146 valence electrons. The Labute approximate surface area is 163 Å². The van der Waals surface area contributed by atoms with Gasteiger partial charge in [0.2, 0.25) is 0 Å². The molecule has 1 aliphatic heterocycles. The number of aliphatic hydroxyl groups is 1. The summed E-state index contributed by atoms with van der Waals surface area (Å²) in [6, 6.07) is 7.63. The summed E-state index contributed by atoms with van der Waals surface area (Å²) in [5.41, 5.74) is 1.13. The molecule has 1 aromatic carbocycles. The Morgan fingerprint density at radius 3 is 2.39 bits per heavy atom. The molecular formula is C21H22N2O5. The van der Waals surface area contributed by atoms with E-state index in [0.717, 1.165) is 0 Å². The summed E-state index contributed by atoms with van der Waals surface area (Å²) < 4.78 is 10.5. The van der Waals surface area contributed by atoms with Crippen LogP contribution >= 0.6 is 0 Å². The number of carbonyl (C=O) groups excluding carboxylic acids is 2. The standard InChI is InChI=1S/C21H22N2O5/c1-4-11-23-18(13-7-9-22-10-8-13)17(20(25)21(23)26)19(24)14-5-6-15(27-2)16(12-14)28-3/h5-10,12,18,24H,4,11H2,1-3H3/b19-17-. The van der Waals surface area contributed by atoms with Gasteiger partial charge in [-0.3, -0.25) is 14.6 Å². The van der Waals surface area contributed by atoms with Crippen LogP contribution in [0.25, 0.3) is 5.76 Å². The van der Waals surface area contributed by atoms with Crippen LogP contribution in [0.2, 0.25) is 0 Å². The van der Waals surface area contributed by atoms with Crippen molar-refractivity contribution in [3.8, 4) is 11.5 Å². The number of benzene rings is 1. The van der Waals surface area contributed by atoms with Crippen LogP contribution in [-0.2, 0) is 9.59 Å². The van der Waals surface area contributed by atoms with Gasteiger partial charge in [-0.15, -0.1) is 0 Å². The fraction of sp³-hybridized carbons (Fsp3) is 0.286. The summed E-state index contributed by atoms with van der Waals surface area (Å²) in [6.45, 7) is 2.33. The molecule has 1 aromatic heterocycles. The van der Waals surface area contributed by atoms with Crippen molar-refractivity contribution in [2.75, 3.05) is 20.8 Å². The number of hydrogen-bond donors (Lipinski definition) is 1. The van der Waals surface area contributed by atoms with Crippen molar-refractivity contribution in [2.45, 2.75) is 19.4 Å². The number of rotatable bonds is 6. The van der Waals surface area contributed by atoms with Gasteiger partial charge >= 0.3 is 0 Å². The summed E-state index contributed by atoms with van der Waals surface area (Å²) in [5.74, 6) is -0.668. The van der Waals surface area contributed by atoms with Crippen molar-refractivity contribution < 1.29 is 24.2 Å². The van der Waals surface area contributed by atoms with Crippen molar-refractivity contribution in [3.63, 3.8) is 0 Å². The van der Waals surface area contributed by atoms with Gasteiger partial charge in [-0.05, 0) is 42.3 Å². The zero-order chi connectivity index (χ0) is 20.3. The van der Waals surface area contributed by atoms with Crippen LogP contribution in [0.5, 0.6) is 11.5 Å². The molecule has 7 heteroatoms. The van der Waals surface area contributed by atoms with Crippen molar-refractivity contribution in [3.05, 3.63) is 59.4 Å². The number of aliphatic hydroxyl groups excluding tert-OH is 1. The first-order chi connectivity index (χ1) is 13.5. The number of aromatic nitrogens is 1. The third-order valence-corrected chi connectivity index (χ3v) is 4.68. The quantitative estimate of drug-likeness (QED) is 0.469. The number of hydrogen-bond acceptors (Lipinski definition) is 6. The summed E-state index contributed by atoms with van der Waals surface area (Å²) in [7, 11) is 3.00. The molecule has 1 fully saturated rings. The number of nitrogens with zero attached hydrogens (tertiary/aromatic N) is 2. The van der Waals surface area contributed by atoms with E-state index in [1.165, 1.54) is 19.1 Å². The Hall–Kier alpha value is -3.35. The largest absolute Gasteiger partial charge is 0.507 e. The summed E-state index contributed by atoms with van der Waals surface area (Å²) in [5, 5.41) is 11.0. The molecule has 0 saturated carbocycles. The number of Topliss-reactive ketones (excluding diaryl/α,β-unsaturated/α-hetero) is 1. The molecule has 1 amide bonds. The predicted octanol–water partition coefficient (Wildman–Crippen LogP) is 2.93. The van der Waals surface area contributed by atoms with E-state index in [1.807, 2.05) is 6.92 Å². The van der Waals surface area contributed by atoms with Crippen LogP contribution in [0, 0.1) is 0 Å². The molecule has 2 heterocycles. The van der Waals surface area contributed by atoms with E-state index in [9.17, 15) is 14.7 Å². The molecule has 1 unspecified atom stereocenters. The molecule has 0 bridgehead atoms. The lowest BCUT2D eigenvalue weighted by atomic mass is 9.96. The van der Waals surface area contributed by atoms with Gasteiger partial charge in [0, 0.05) is 24.5 Å². The van der Waals surface area contributed by atoms with Crippen LogP contribution in [0.3, 0.4) is 0 Å². The van der Waals surface area contributed by atoms with Crippen LogP contribution < -0.4 is 9.47 Å². The van der Waals surface area contributed by atoms with Crippen LogP contribution in [0.4, 0.5) is 0 Å². The van der Waals surface area contributed by atoms with E-state index < -0.39 is 17.7 Å². The molecule has 1 N–H and O–H groups in total. The van der Waals surface area contributed by atoms with Gasteiger partial charge in [0.25, 0.3) is 11.7 Å². The number of methoxy groups -OCH3 is 2. The zero-order valence-electron chi connectivity index (χ0n) is 16.0. The number of carbonyl (C=O) groups is 2. The molecular weight excluding hydrogens is 360 g/mol. The maximum atomic E-state index is 12.8. The monoisotopic (exact) mass is 382 g/mol. The third-order valence-electron chi connectivity index (χ3n) is 4.68. The number of ketones is 1. The van der Waals surface area contributed by atoms with Crippen LogP contribution in [0.15, 0.2) is 48.3 Å². The third kappa shape index (κ3) is 3.31. The Morgan fingerprint density at radius 2 is 1.79 bits per heavy atom. The maximum absolute atomic E-state index is 12.8. The highest BCUT2D eigenvalue weighted by atomic mass is 16.5. The van der Waals surface area contributed by atoms with Crippen molar-refractivity contribution in [1.29, 1.82) is 0 Å². The fourth-order valence-corrected chi connectivity index (χ4v) is 3.38. The number of likely N-dealkylation sites (tertiary alicyclic amines) is 1. The van der Waals surface area contributed by atoms with Crippen molar-refractivity contribution in [1.82, 2.24) is 9.88 Å². The molecule has 0 radical (unpaired) electrons. The second-order valence-electron chi connectivity index (χ2n) is 6.34. The van der Waals surface area contributed by atoms with E-state index in [0.29, 0.717) is 35.6 Å².